The molecule has 1 saturated carbocycles. The first-order valence-electron chi connectivity index (χ1n) is 5.93. The molecular formula is C12H19NO4. The average molecular weight is 241 g/mol. The molecule has 0 unspecified atom stereocenters. The number of carbonyl (C=O) groups is 2. The number of aliphatic carboxylic acids is 2. The molecule has 5 nitrogen and oxygen atoms in total. The summed E-state index contributed by atoms with van der Waals surface area (Å²) in [5.41, 5.74) is 5.49. The first-order chi connectivity index (χ1) is 8.00. The molecule has 0 aliphatic heterocycles. The lowest BCUT2D eigenvalue weighted by atomic mass is 9.87. The van der Waals surface area contributed by atoms with Crippen molar-refractivity contribution in [2.45, 2.75) is 44.6 Å². The maximum Gasteiger partial charge on any atom is 0.331 e. The number of allylic oxidation sites excluding steroid dienone is 1. The number of carboxylic acid groups (broad SMARTS) is 2. The molecule has 96 valence electrons. The molecule has 0 heterocycles. The molecule has 0 radical (unpaired) electrons. The second-order valence-electron chi connectivity index (χ2n) is 4.54. The number of nitrogens with two attached hydrogens (primary N) is 1. The molecule has 0 amide bonds. The van der Waals surface area contributed by atoms with Crippen LogP contribution in [0.3, 0.4) is 0 Å². The summed E-state index contributed by atoms with van der Waals surface area (Å²) < 4.78 is 0. The molecule has 5 heteroatoms. The maximum absolute atomic E-state index is 11.0. The van der Waals surface area contributed by atoms with Gasteiger partial charge in [0.1, 0.15) is 6.04 Å². The standard InChI is InChI=1S/C12H19NO4/c13-10(12(16)17)7-9(11(14)15)6-8-4-2-1-3-5-8/h6,8,10H,1-5,7,13H2,(H,14,15)(H,16,17)/b9-6+/t10-/m0/s1. The maximum atomic E-state index is 11.0. The van der Waals surface area contributed by atoms with E-state index in [4.69, 9.17) is 15.9 Å². The van der Waals surface area contributed by atoms with E-state index in [0.29, 0.717) is 0 Å². The van der Waals surface area contributed by atoms with Gasteiger partial charge in [0.15, 0.2) is 0 Å². The summed E-state index contributed by atoms with van der Waals surface area (Å²) >= 11 is 0. The largest absolute Gasteiger partial charge is 0.480 e. The lowest BCUT2D eigenvalue weighted by molar-refractivity contribution is -0.138. The fraction of sp³-hybridized carbons (Fsp3) is 0.667. The molecule has 0 bridgehead atoms. The number of carboxylic acids is 2. The summed E-state index contributed by atoms with van der Waals surface area (Å²) in [6, 6.07) is -1.14. The Morgan fingerprint density at radius 1 is 1.24 bits per heavy atom. The molecule has 1 aliphatic carbocycles. The molecular weight excluding hydrogens is 222 g/mol. The number of rotatable bonds is 5. The van der Waals surface area contributed by atoms with Crippen LogP contribution in [0.2, 0.25) is 0 Å². The van der Waals surface area contributed by atoms with E-state index in [2.05, 4.69) is 0 Å². The quantitative estimate of drug-likeness (QED) is 0.631. The second kappa shape index (κ2) is 6.39. The van der Waals surface area contributed by atoms with Gasteiger partial charge in [-0.2, -0.15) is 0 Å². The molecule has 0 saturated heterocycles. The van der Waals surface area contributed by atoms with Gasteiger partial charge < -0.3 is 15.9 Å². The zero-order chi connectivity index (χ0) is 12.8. The van der Waals surface area contributed by atoms with Crippen LogP contribution in [0.25, 0.3) is 0 Å². The Kier molecular flexibility index (Phi) is 5.15. The van der Waals surface area contributed by atoms with Crippen LogP contribution in [0.1, 0.15) is 38.5 Å². The van der Waals surface area contributed by atoms with Crippen LogP contribution >= 0.6 is 0 Å². The van der Waals surface area contributed by atoms with Gasteiger partial charge in [-0.1, -0.05) is 25.3 Å². The van der Waals surface area contributed by atoms with E-state index in [1.54, 1.807) is 6.08 Å². The van der Waals surface area contributed by atoms with Crippen molar-refractivity contribution in [3.63, 3.8) is 0 Å². The van der Waals surface area contributed by atoms with Gasteiger partial charge in [-0.15, -0.1) is 0 Å². The van der Waals surface area contributed by atoms with E-state index in [9.17, 15) is 9.59 Å². The molecule has 0 aromatic rings. The van der Waals surface area contributed by atoms with Gasteiger partial charge in [0.25, 0.3) is 0 Å². The van der Waals surface area contributed by atoms with E-state index in [-0.39, 0.29) is 17.9 Å². The van der Waals surface area contributed by atoms with E-state index >= 15 is 0 Å². The van der Waals surface area contributed by atoms with Crippen LogP contribution < -0.4 is 5.73 Å². The van der Waals surface area contributed by atoms with Gasteiger partial charge in [0.05, 0.1) is 0 Å². The van der Waals surface area contributed by atoms with Crippen molar-refractivity contribution in [1.82, 2.24) is 0 Å². The van der Waals surface area contributed by atoms with Crippen molar-refractivity contribution in [3.05, 3.63) is 11.6 Å². The van der Waals surface area contributed by atoms with Crippen LogP contribution in [0.4, 0.5) is 0 Å². The van der Waals surface area contributed by atoms with E-state index < -0.39 is 18.0 Å². The Balaban J connectivity index is 2.67. The van der Waals surface area contributed by atoms with Crippen molar-refractivity contribution in [1.29, 1.82) is 0 Å². The molecule has 1 atom stereocenters. The molecule has 1 fully saturated rings. The Morgan fingerprint density at radius 2 is 1.82 bits per heavy atom. The third-order valence-electron chi connectivity index (χ3n) is 3.12. The van der Waals surface area contributed by atoms with Gasteiger partial charge in [-0.25, -0.2) is 4.79 Å². The molecule has 17 heavy (non-hydrogen) atoms. The fourth-order valence-electron chi connectivity index (χ4n) is 2.14. The lowest BCUT2D eigenvalue weighted by Gasteiger charge is -2.19. The Hall–Kier alpha value is -1.36. The lowest BCUT2D eigenvalue weighted by Crippen LogP contribution is -2.31. The first kappa shape index (κ1) is 13.7. The highest BCUT2D eigenvalue weighted by atomic mass is 16.4. The van der Waals surface area contributed by atoms with Crippen molar-refractivity contribution in [3.8, 4) is 0 Å². The Labute approximate surface area is 100 Å². The summed E-state index contributed by atoms with van der Waals surface area (Å²) in [7, 11) is 0. The molecule has 1 rings (SSSR count). The smallest absolute Gasteiger partial charge is 0.331 e. The minimum Gasteiger partial charge on any atom is -0.480 e. The SMILES string of the molecule is N[C@@H](C/C(=C\C1CCCCC1)C(=O)O)C(=O)O. The van der Waals surface area contributed by atoms with Crippen LogP contribution in [-0.4, -0.2) is 28.2 Å². The average Bonchev–Trinajstić information content (AvgIpc) is 2.29. The van der Waals surface area contributed by atoms with Crippen LogP contribution in [0.15, 0.2) is 11.6 Å². The molecule has 1 aliphatic rings. The van der Waals surface area contributed by atoms with E-state index in [1.807, 2.05) is 0 Å². The number of hydrogen-bond donors (Lipinski definition) is 3. The minimum absolute atomic E-state index is 0.110. The summed E-state index contributed by atoms with van der Waals surface area (Å²) in [5.74, 6) is -1.97. The van der Waals surface area contributed by atoms with Crippen molar-refractivity contribution in [2.75, 3.05) is 0 Å². The minimum atomic E-state index is -1.17. The van der Waals surface area contributed by atoms with Gasteiger partial charge >= 0.3 is 11.9 Å². The summed E-state index contributed by atoms with van der Waals surface area (Å²) in [6.07, 6.45) is 6.98. The Bertz CT molecular complexity index is 318. The molecule has 0 spiro atoms. The molecule has 4 N–H and O–H groups in total. The summed E-state index contributed by atoms with van der Waals surface area (Å²) in [5, 5.41) is 17.7. The van der Waals surface area contributed by atoms with Crippen molar-refractivity contribution >= 4 is 11.9 Å². The highest BCUT2D eigenvalue weighted by Gasteiger charge is 2.20. The third kappa shape index (κ3) is 4.56. The second-order valence-corrected chi connectivity index (χ2v) is 4.54. The Morgan fingerprint density at radius 3 is 2.29 bits per heavy atom. The zero-order valence-electron chi connectivity index (χ0n) is 9.76. The van der Waals surface area contributed by atoms with Gasteiger partial charge in [-0.3, -0.25) is 4.79 Å². The molecule has 0 aromatic heterocycles. The van der Waals surface area contributed by atoms with Gasteiger partial charge in [-0.05, 0) is 18.8 Å². The summed E-state index contributed by atoms with van der Waals surface area (Å²) in [6.45, 7) is 0. The zero-order valence-corrected chi connectivity index (χ0v) is 9.76. The normalized spacial score (nSPS) is 19.9. The van der Waals surface area contributed by atoms with Crippen LogP contribution in [0.5, 0.6) is 0 Å². The van der Waals surface area contributed by atoms with E-state index in [1.165, 1.54) is 6.42 Å². The van der Waals surface area contributed by atoms with Crippen LogP contribution in [-0.2, 0) is 9.59 Å². The third-order valence-corrected chi connectivity index (χ3v) is 3.12. The predicted molar refractivity (Wildman–Crippen MR) is 62.5 cm³/mol. The first-order valence-corrected chi connectivity index (χ1v) is 5.93. The monoisotopic (exact) mass is 241 g/mol. The van der Waals surface area contributed by atoms with Gasteiger partial charge in [0.2, 0.25) is 0 Å². The van der Waals surface area contributed by atoms with E-state index in [0.717, 1.165) is 25.7 Å². The van der Waals surface area contributed by atoms with Crippen molar-refractivity contribution < 1.29 is 19.8 Å². The molecule has 0 aromatic carbocycles. The van der Waals surface area contributed by atoms with Gasteiger partial charge in [0, 0.05) is 12.0 Å². The van der Waals surface area contributed by atoms with Crippen molar-refractivity contribution in [2.24, 2.45) is 11.7 Å². The highest BCUT2D eigenvalue weighted by Crippen LogP contribution is 2.26. The fourth-order valence-corrected chi connectivity index (χ4v) is 2.14. The highest BCUT2D eigenvalue weighted by molar-refractivity contribution is 5.88. The topological polar surface area (TPSA) is 101 Å². The van der Waals surface area contributed by atoms with Crippen LogP contribution in [0, 0.1) is 5.92 Å². The predicted octanol–water partition coefficient (Wildman–Crippen LogP) is 1.38. The number of hydrogen-bond acceptors (Lipinski definition) is 3. The summed E-state index contributed by atoms with van der Waals surface area (Å²) in [4.78, 5) is 21.6.